The van der Waals surface area contributed by atoms with Crippen LogP contribution < -0.4 is 10.1 Å². The molecule has 166 valence electrons. The van der Waals surface area contributed by atoms with E-state index < -0.39 is 12.7 Å². The van der Waals surface area contributed by atoms with Gasteiger partial charge in [-0.15, -0.1) is 0 Å². The van der Waals surface area contributed by atoms with Crippen LogP contribution >= 0.6 is 0 Å². The van der Waals surface area contributed by atoms with E-state index in [1.807, 2.05) is 12.1 Å². The number of carbonyl (C=O) groups excluding carboxylic acids is 1. The molecule has 3 aromatic rings. The zero-order chi connectivity index (χ0) is 22.8. The summed E-state index contributed by atoms with van der Waals surface area (Å²) in [4.78, 5) is 11.8. The summed E-state index contributed by atoms with van der Waals surface area (Å²) >= 11 is 0. The van der Waals surface area contributed by atoms with Crippen molar-refractivity contribution >= 4 is 22.7 Å². The Bertz CT molecular complexity index is 1180. The number of nitriles is 1. The molecule has 32 heavy (non-hydrogen) atoms. The first-order valence-corrected chi connectivity index (χ1v) is 10.5. The van der Waals surface area contributed by atoms with Crippen LogP contribution in [-0.2, 0) is 4.74 Å². The van der Waals surface area contributed by atoms with E-state index in [4.69, 9.17) is 4.74 Å². The van der Waals surface area contributed by atoms with Gasteiger partial charge in [0.2, 0.25) is 0 Å². The highest BCUT2D eigenvalue weighted by molar-refractivity contribution is 5.96. The van der Waals surface area contributed by atoms with Crippen LogP contribution in [0.15, 0.2) is 42.5 Å². The number of nitrogens with one attached hydrogen (secondary N) is 1. The van der Waals surface area contributed by atoms with Gasteiger partial charge in [0.05, 0.1) is 22.9 Å². The molecular formula is C24H23F2N3O3. The van der Waals surface area contributed by atoms with E-state index in [-0.39, 0.29) is 17.9 Å². The van der Waals surface area contributed by atoms with E-state index in [1.165, 1.54) is 12.1 Å². The number of alkyl halides is 2. The number of hydrogen-bond donors (Lipinski definition) is 1. The van der Waals surface area contributed by atoms with Crippen molar-refractivity contribution in [2.45, 2.75) is 51.9 Å². The number of hydrogen-bond acceptors (Lipinski definition) is 4. The standard InChI is InChI=1S/C24H23F2N3O3/c1-14(2)31-24(30)28-16-8-6-15(7-9-16)22-20(13-27)19-12-18(32-23(25)26)10-11-21(19)29(22)17-4-3-5-17/h6-12,14,17,23H,3-5H2,1-2H3,(H,28,30). The summed E-state index contributed by atoms with van der Waals surface area (Å²) in [6.07, 6.45) is 2.29. The Kier molecular flexibility index (Phi) is 5.99. The van der Waals surface area contributed by atoms with Crippen molar-refractivity contribution in [2.24, 2.45) is 0 Å². The van der Waals surface area contributed by atoms with Crippen LogP contribution in [0.2, 0.25) is 0 Å². The maximum Gasteiger partial charge on any atom is 0.411 e. The van der Waals surface area contributed by atoms with E-state index in [2.05, 4.69) is 20.7 Å². The number of anilines is 1. The molecule has 6 nitrogen and oxygen atoms in total. The van der Waals surface area contributed by atoms with Crippen LogP contribution in [0.4, 0.5) is 19.3 Å². The number of fused-ring (bicyclic) bond motifs is 1. The molecule has 1 amide bonds. The maximum atomic E-state index is 12.7. The summed E-state index contributed by atoms with van der Waals surface area (Å²) in [5.41, 5.74) is 3.32. The molecule has 4 rings (SSSR count). The number of benzene rings is 2. The van der Waals surface area contributed by atoms with E-state index in [0.29, 0.717) is 16.6 Å². The number of carbonyl (C=O) groups is 1. The number of aromatic nitrogens is 1. The minimum absolute atomic E-state index is 0.0181. The SMILES string of the molecule is CC(C)OC(=O)Nc1ccc(-c2c(C#N)c3cc(OC(F)F)ccc3n2C2CCC2)cc1. The third-order valence-corrected chi connectivity index (χ3v) is 5.50. The molecule has 0 saturated heterocycles. The van der Waals surface area contributed by atoms with Gasteiger partial charge in [-0.2, -0.15) is 14.0 Å². The van der Waals surface area contributed by atoms with Gasteiger partial charge in [-0.1, -0.05) is 12.1 Å². The smallest absolute Gasteiger partial charge is 0.411 e. The molecule has 8 heteroatoms. The summed E-state index contributed by atoms with van der Waals surface area (Å²) in [7, 11) is 0. The zero-order valence-corrected chi connectivity index (χ0v) is 17.8. The minimum Gasteiger partial charge on any atom is -0.447 e. The predicted molar refractivity (Wildman–Crippen MR) is 117 cm³/mol. The average Bonchev–Trinajstić information content (AvgIpc) is 2.99. The highest BCUT2D eigenvalue weighted by Gasteiger charge is 2.28. The van der Waals surface area contributed by atoms with Gasteiger partial charge in [0.15, 0.2) is 0 Å². The molecule has 1 aliphatic carbocycles. The first-order valence-electron chi connectivity index (χ1n) is 10.5. The Morgan fingerprint density at radius 1 is 1.19 bits per heavy atom. The highest BCUT2D eigenvalue weighted by Crippen LogP contribution is 2.43. The number of ether oxygens (including phenoxy) is 2. The van der Waals surface area contributed by atoms with Crippen LogP contribution in [0.25, 0.3) is 22.2 Å². The van der Waals surface area contributed by atoms with Crippen molar-refractivity contribution in [3.8, 4) is 23.1 Å². The lowest BCUT2D eigenvalue weighted by Gasteiger charge is -2.30. The summed E-state index contributed by atoms with van der Waals surface area (Å²) in [6, 6.07) is 14.4. The normalized spacial score (nSPS) is 13.8. The first-order chi connectivity index (χ1) is 15.4. The second-order valence-corrected chi connectivity index (χ2v) is 8.00. The number of nitrogens with zero attached hydrogens (tertiary/aromatic N) is 2. The molecule has 1 N–H and O–H groups in total. The van der Waals surface area contributed by atoms with Crippen LogP contribution in [0.1, 0.15) is 44.7 Å². The van der Waals surface area contributed by atoms with Gasteiger partial charge in [-0.25, -0.2) is 4.79 Å². The molecule has 0 radical (unpaired) electrons. The number of halogens is 2. The summed E-state index contributed by atoms with van der Waals surface area (Å²) in [5, 5.41) is 13.2. The third-order valence-electron chi connectivity index (χ3n) is 5.50. The minimum atomic E-state index is -2.94. The fraction of sp³-hybridized carbons (Fsp3) is 0.333. The largest absolute Gasteiger partial charge is 0.447 e. The van der Waals surface area contributed by atoms with Crippen LogP contribution in [0, 0.1) is 11.3 Å². The molecule has 0 bridgehead atoms. The lowest BCUT2D eigenvalue weighted by atomic mass is 9.92. The van der Waals surface area contributed by atoms with E-state index in [1.54, 1.807) is 32.0 Å². The molecule has 1 fully saturated rings. The summed E-state index contributed by atoms with van der Waals surface area (Å²) in [6.45, 7) is 0.598. The molecule has 1 heterocycles. The van der Waals surface area contributed by atoms with Crippen LogP contribution in [0.5, 0.6) is 5.75 Å². The molecular weight excluding hydrogens is 416 g/mol. The van der Waals surface area contributed by atoms with Crippen molar-refractivity contribution in [3.05, 3.63) is 48.0 Å². The van der Waals surface area contributed by atoms with Gasteiger partial charge >= 0.3 is 12.7 Å². The maximum absolute atomic E-state index is 12.7. The van der Waals surface area contributed by atoms with Gasteiger partial charge in [0.1, 0.15) is 11.8 Å². The predicted octanol–water partition coefficient (Wildman–Crippen LogP) is 6.46. The van der Waals surface area contributed by atoms with Crippen molar-refractivity contribution in [1.82, 2.24) is 4.57 Å². The van der Waals surface area contributed by atoms with E-state index in [0.717, 1.165) is 36.0 Å². The molecule has 0 aliphatic heterocycles. The van der Waals surface area contributed by atoms with Crippen LogP contribution in [-0.4, -0.2) is 23.4 Å². The van der Waals surface area contributed by atoms with Gasteiger partial charge in [0, 0.05) is 17.1 Å². The van der Waals surface area contributed by atoms with Crippen molar-refractivity contribution in [1.29, 1.82) is 5.26 Å². The zero-order valence-electron chi connectivity index (χ0n) is 17.8. The molecule has 0 unspecified atom stereocenters. The van der Waals surface area contributed by atoms with Gasteiger partial charge < -0.3 is 14.0 Å². The molecule has 1 aromatic heterocycles. The van der Waals surface area contributed by atoms with Gasteiger partial charge in [-0.3, -0.25) is 5.32 Å². The van der Waals surface area contributed by atoms with Crippen molar-refractivity contribution < 1.29 is 23.0 Å². The lowest BCUT2D eigenvalue weighted by Crippen LogP contribution is -2.18. The quantitative estimate of drug-likeness (QED) is 0.478. The number of amides is 1. The molecule has 1 saturated carbocycles. The topological polar surface area (TPSA) is 76.3 Å². The van der Waals surface area contributed by atoms with Crippen molar-refractivity contribution in [2.75, 3.05) is 5.32 Å². The fourth-order valence-electron chi connectivity index (χ4n) is 3.96. The Labute approximate surface area is 184 Å². The van der Waals surface area contributed by atoms with Crippen molar-refractivity contribution in [3.63, 3.8) is 0 Å². The Morgan fingerprint density at radius 2 is 1.91 bits per heavy atom. The molecule has 0 atom stereocenters. The second-order valence-electron chi connectivity index (χ2n) is 8.00. The number of rotatable bonds is 6. The second kappa shape index (κ2) is 8.87. The Balaban J connectivity index is 1.77. The highest BCUT2D eigenvalue weighted by atomic mass is 19.3. The lowest BCUT2D eigenvalue weighted by molar-refractivity contribution is -0.0497. The van der Waals surface area contributed by atoms with E-state index >= 15 is 0 Å². The van der Waals surface area contributed by atoms with Gasteiger partial charge in [-0.05, 0) is 69.0 Å². The summed E-state index contributed by atoms with van der Waals surface area (Å²) < 4.78 is 37.2. The molecule has 0 spiro atoms. The van der Waals surface area contributed by atoms with E-state index in [9.17, 15) is 18.8 Å². The summed E-state index contributed by atoms with van der Waals surface area (Å²) in [5.74, 6) is 0.0181. The Hall–Kier alpha value is -3.60. The average molecular weight is 439 g/mol. The monoisotopic (exact) mass is 439 g/mol. The first kappa shape index (κ1) is 21.6. The van der Waals surface area contributed by atoms with Crippen LogP contribution in [0.3, 0.4) is 0 Å². The Morgan fingerprint density at radius 3 is 2.47 bits per heavy atom. The molecule has 1 aliphatic rings. The third kappa shape index (κ3) is 4.24. The van der Waals surface area contributed by atoms with Gasteiger partial charge in [0.25, 0.3) is 0 Å². The molecule has 2 aromatic carbocycles. The fourth-order valence-corrected chi connectivity index (χ4v) is 3.96.